The maximum Gasteiger partial charge on any atom is 0.275 e. The molecule has 0 saturated carbocycles. The van der Waals surface area contributed by atoms with E-state index in [4.69, 9.17) is 4.74 Å². The molecule has 0 fully saturated rings. The summed E-state index contributed by atoms with van der Waals surface area (Å²) in [6.45, 7) is 0.944. The van der Waals surface area contributed by atoms with Crippen LogP contribution in [-0.2, 0) is 17.8 Å². The van der Waals surface area contributed by atoms with Crippen LogP contribution in [0.1, 0.15) is 21.6 Å². The highest BCUT2D eigenvalue weighted by molar-refractivity contribution is 6.03. The van der Waals surface area contributed by atoms with Gasteiger partial charge in [0.15, 0.2) is 5.69 Å². The van der Waals surface area contributed by atoms with Crippen LogP contribution in [0.5, 0.6) is 5.75 Å². The number of carbonyl (C=O) groups is 2. The molecular formula is C23H21FN4O3. The van der Waals surface area contributed by atoms with Gasteiger partial charge in [-0.3, -0.25) is 14.3 Å². The Kier molecular flexibility index (Phi) is 4.69. The Balaban J connectivity index is 1.38. The number of carbonyl (C=O) groups excluding carboxylic acids is 2. The molecular weight excluding hydrogens is 399 g/mol. The fourth-order valence-corrected chi connectivity index (χ4v) is 4.12. The maximum atomic E-state index is 13.2. The highest BCUT2D eigenvalue weighted by Crippen LogP contribution is 2.32. The van der Waals surface area contributed by atoms with E-state index in [1.54, 1.807) is 33.7 Å². The monoisotopic (exact) mass is 420 g/mol. The lowest BCUT2D eigenvalue weighted by molar-refractivity contribution is -0.123. The first-order valence-electron chi connectivity index (χ1n) is 10.1. The van der Waals surface area contributed by atoms with Gasteiger partial charge >= 0.3 is 0 Å². The summed E-state index contributed by atoms with van der Waals surface area (Å²) < 4.78 is 20.7. The van der Waals surface area contributed by atoms with Crippen LogP contribution in [0.4, 0.5) is 10.1 Å². The minimum absolute atomic E-state index is 0.0948. The van der Waals surface area contributed by atoms with Crippen LogP contribution < -0.4 is 9.64 Å². The van der Waals surface area contributed by atoms with Gasteiger partial charge in [0.25, 0.3) is 11.8 Å². The molecule has 0 bridgehead atoms. The molecule has 0 aliphatic carbocycles. The van der Waals surface area contributed by atoms with Crippen molar-refractivity contribution in [2.24, 2.45) is 0 Å². The number of aromatic nitrogens is 2. The van der Waals surface area contributed by atoms with E-state index in [0.29, 0.717) is 36.6 Å². The van der Waals surface area contributed by atoms with Crippen molar-refractivity contribution in [2.75, 3.05) is 25.1 Å². The van der Waals surface area contributed by atoms with Gasteiger partial charge in [-0.05, 0) is 36.2 Å². The summed E-state index contributed by atoms with van der Waals surface area (Å²) in [6, 6.07) is 12.8. The first kappa shape index (κ1) is 19.3. The second kappa shape index (κ2) is 7.54. The second-order valence-corrected chi connectivity index (χ2v) is 7.77. The van der Waals surface area contributed by atoms with Crippen molar-refractivity contribution in [3.8, 4) is 5.75 Å². The maximum absolute atomic E-state index is 13.2. The largest absolute Gasteiger partial charge is 0.489 e. The Morgan fingerprint density at radius 1 is 1.13 bits per heavy atom. The van der Waals surface area contributed by atoms with Crippen LogP contribution in [0.25, 0.3) is 0 Å². The van der Waals surface area contributed by atoms with Crippen LogP contribution in [0.15, 0.2) is 54.7 Å². The fraction of sp³-hybridized carbons (Fsp3) is 0.261. The van der Waals surface area contributed by atoms with Crippen LogP contribution in [-0.4, -0.2) is 52.7 Å². The molecule has 2 aliphatic heterocycles. The molecule has 0 spiro atoms. The molecule has 0 unspecified atom stereocenters. The van der Waals surface area contributed by atoms with Gasteiger partial charge in [-0.2, -0.15) is 5.10 Å². The second-order valence-electron chi connectivity index (χ2n) is 7.77. The Bertz CT molecular complexity index is 1160. The summed E-state index contributed by atoms with van der Waals surface area (Å²) in [6.07, 6.45) is 2.45. The van der Waals surface area contributed by atoms with Crippen molar-refractivity contribution in [1.29, 1.82) is 0 Å². The lowest BCUT2D eigenvalue weighted by Gasteiger charge is -2.33. The minimum atomic E-state index is -0.722. The first-order valence-corrected chi connectivity index (χ1v) is 10.1. The number of hydrogen-bond donors (Lipinski definition) is 0. The van der Waals surface area contributed by atoms with Crippen molar-refractivity contribution in [3.05, 3.63) is 77.4 Å². The molecule has 158 valence electrons. The zero-order valence-corrected chi connectivity index (χ0v) is 17.0. The lowest BCUT2D eigenvalue weighted by atomic mass is 10.0. The van der Waals surface area contributed by atoms with Crippen molar-refractivity contribution in [2.45, 2.75) is 19.0 Å². The van der Waals surface area contributed by atoms with Gasteiger partial charge in [0, 0.05) is 25.4 Å². The average Bonchev–Trinajstić information content (AvgIpc) is 3.14. The number of nitrogens with zero attached hydrogens (tertiary/aromatic N) is 4. The summed E-state index contributed by atoms with van der Waals surface area (Å²) in [4.78, 5) is 29.5. The van der Waals surface area contributed by atoms with Gasteiger partial charge in [-0.1, -0.05) is 24.3 Å². The van der Waals surface area contributed by atoms with E-state index in [0.717, 1.165) is 11.1 Å². The number of fused-ring (bicyclic) bond motifs is 2. The van der Waals surface area contributed by atoms with Crippen molar-refractivity contribution < 1.29 is 18.7 Å². The SMILES string of the molecule is CN1C(=O)[C@@H](N2CCc3cn(Cc4ccc(F)cc4)nc3C2=O)COc2ccccc21. The number of rotatable bonds is 3. The molecule has 3 aromatic rings. The zero-order valence-electron chi connectivity index (χ0n) is 17.0. The highest BCUT2D eigenvalue weighted by atomic mass is 19.1. The smallest absolute Gasteiger partial charge is 0.275 e. The van der Waals surface area contributed by atoms with Crippen LogP contribution in [0, 0.1) is 5.82 Å². The van der Waals surface area contributed by atoms with Gasteiger partial charge in [0.1, 0.15) is 24.2 Å². The predicted molar refractivity (Wildman–Crippen MR) is 112 cm³/mol. The number of ether oxygens (including phenoxy) is 1. The van der Waals surface area contributed by atoms with E-state index >= 15 is 0 Å². The number of likely N-dealkylation sites (N-methyl/N-ethyl adjacent to an activating group) is 1. The Labute approximate surface area is 178 Å². The summed E-state index contributed by atoms with van der Waals surface area (Å²) >= 11 is 0. The van der Waals surface area contributed by atoms with Crippen LogP contribution >= 0.6 is 0 Å². The Morgan fingerprint density at radius 3 is 2.71 bits per heavy atom. The number of anilines is 1. The van der Waals surface area contributed by atoms with Crippen molar-refractivity contribution in [3.63, 3.8) is 0 Å². The predicted octanol–water partition coefficient (Wildman–Crippen LogP) is 2.49. The van der Waals surface area contributed by atoms with E-state index in [1.807, 2.05) is 30.5 Å². The molecule has 0 radical (unpaired) electrons. The Hall–Kier alpha value is -3.68. The molecule has 2 aromatic carbocycles. The number of amides is 2. The average molecular weight is 420 g/mol. The molecule has 0 saturated heterocycles. The minimum Gasteiger partial charge on any atom is -0.489 e. The number of halogens is 1. The number of benzene rings is 2. The molecule has 2 aliphatic rings. The van der Waals surface area contributed by atoms with Crippen molar-refractivity contribution >= 4 is 17.5 Å². The molecule has 0 N–H and O–H groups in total. The molecule has 31 heavy (non-hydrogen) atoms. The van der Waals surface area contributed by atoms with Crippen LogP contribution in [0.3, 0.4) is 0 Å². The topological polar surface area (TPSA) is 67.7 Å². The first-order chi connectivity index (χ1) is 15.0. The molecule has 5 rings (SSSR count). The normalized spacial score (nSPS) is 18.3. The highest BCUT2D eigenvalue weighted by Gasteiger charge is 2.39. The number of hydrogen-bond acceptors (Lipinski definition) is 4. The third kappa shape index (κ3) is 3.43. The van der Waals surface area contributed by atoms with Gasteiger partial charge in [0.2, 0.25) is 0 Å². The molecule has 1 aromatic heterocycles. The third-order valence-electron chi connectivity index (χ3n) is 5.80. The summed E-state index contributed by atoms with van der Waals surface area (Å²) in [7, 11) is 1.69. The van der Waals surface area contributed by atoms with Gasteiger partial charge in [0.05, 0.1) is 12.2 Å². The van der Waals surface area contributed by atoms with Gasteiger partial charge in [-0.15, -0.1) is 0 Å². The Morgan fingerprint density at radius 2 is 1.90 bits per heavy atom. The van der Waals surface area contributed by atoms with E-state index in [2.05, 4.69) is 5.10 Å². The van der Waals surface area contributed by atoms with E-state index < -0.39 is 6.04 Å². The van der Waals surface area contributed by atoms with Gasteiger partial charge < -0.3 is 14.5 Å². The quantitative estimate of drug-likeness (QED) is 0.653. The third-order valence-corrected chi connectivity index (χ3v) is 5.80. The van der Waals surface area contributed by atoms with E-state index in [1.165, 1.54) is 12.1 Å². The van der Waals surface area contributed by atoms with Crippen molar-refractivity contribution in [1.82, 2.24) is 14.7 Å². The number of para-hydroxylation sites is 2. The molecule has 2 amide bonds. The summed E-state index contributed by atoms with van der Waals surface area (Å²) in [5.41, 5.74) is 2.77. The molecule has 1 atom stereocenters. The van der Waals surface area contributed by atoms with Crippen LogP contribution in [0.2, 0.25) is 0 Å². The standard InChI is InChI=1S/C23H21FN4O3/c1-26-18-4-2-3-5-20(18)31-14-19(22(26)29)28-11-10-16-13-27(25-21(16)23(28)30)12-15-6-8-17(24)9-7-15/h2-9,13,19H,10-12,14H2,1H3/t19-/m0/s1. The fourth-order valence-electron chi connectivity index (χ4n) is 4.12. The molecule has 7 nitrogen and oxygen atoms in total. The van der Waals surface area contributed by atoms with E-state index in [9.17, 15) is 14.0 Å². The van der Waals surface area contributed by atoms with Gasteiger partial charge in [-0.25, -0.2) is 4.39 Å². The summed E-state index contributed by atoms with van der Waals surface area (Å²) in [5.74, 6) is -0.140. The molecule has 3 heterocycles. The van der Waals surface area contributed by atoms with E-state index in [-0.39, 0.29) is 24.2 Å². The zero-order chi connectivity index (χ0) is 21.5. The lowest BCUT2D eigenvalue weighted by Crippen LogP contribution is -2.54. The molecule has 8 heteroatoms. The summed E-state index contributed by atoms with van der Waals surface area (Å²) in [5, 5.41) is 4.47.